The predicted molar refractivity (Wildman–Crippen MR) is 84.8 cm³/mol. The molecule has 21 heavy (non-hydrogen) atoms. The highest BCUT2D eigenvalue weighted by Crippen LogP contribution is 2.15. The number of hydrogen-bond acceptors (Lipinski definition) is 4. The summed E-state index contributed by atoms with van der Waals surface area (Å²) < 4.78 is 1.95. The third-order valence-corrected chi connectivity index (χ3v) is 3.77. The fourth-order valence-electron chi connectivity index (χ4n) is 2.55. The molecule has 0 aliphatic carbocycles. The molecule has 0 fully saturated rings. The molecule has 1 aromatic heterocycles. The number of rotatable bonds is 6. The van der Waals surface area contributed by atoms with Crippen molar-refractivity contribution in [1.82, 2.24) is 20.2 Å². The Morgan fingerprint density at radius 1 is 1.24 bits per heavy atom. The van der Waals surface area contributed by atoms with Crippen LogP contribution in [0.5, 0.6) is 0 Å². The number of benzene rings is 1. The Labute approximate surface area is 126 Å². The lowest BCUT2D eigenvalue weighted by Gasteiger charge is -2.18. The van der Waals surface area contributed by atoms with Crippen molar-refractivity contribution in [1.29, 1.82) is 0 Å². The Kier molecular flexibility index (Phi) is 5.09. The van der Waals surface area contributed by atoms with Gasteiger partial charge in [-0.05, 0) is 45.2 Å². The van der Waals surface area contributed by atoms with Gasteiger partial charge in [0.05, 0.1) is 0 Å². The molecule has 2 aromatic rings. The summed E-state index contributed by atoms with van der Waals surface area (Å²) in [6.07, 6.45) is 3.26. The fraction of sp³-hybridized carbons (Fsp3) is 0.500. The number of nitrogens with two attached hydrogens (primary N) is 1. The lowest BCUT2D eigenvalue weighted by atomic mass is 9.97. The number of nitrogens with one attached hydrogen (secondary N) is 1. The van der Waals surface area contributed by atoms with Crippen LogP contribution in [0, 0.1) is 13.8 Å². The number of aromatic nitrogens is 3. The smallest absolute Gasteiger partial charge is 0.138 e. The first-order valence-corrected chi connectivity index (χ1v) is 7.42. The molecular formula is C16H25N5. The number of hydrazine groups is 1. The second kappa shape index (κ2) is 6.83. The van der Waals surface area contributed by atoms with E-state index in [-0.39, 0.29) is 6.04 Å². The molecule has 2 rings (SSSR count). The standard InChI is InChI=1S/C16H25N5/c1-11(2)21-16(18-10-19-21)9-15(20-17)8-14-7-12(3)5-6-13(14)4/h5-7,10-11,15,20H,8-9,17H2,1-4H3. The number of aryl methyl sites for hydroxylation is 2. The first-order valence-electron chi connectivity index (χ1n) is 7.42. The summed E-state index contributed by atoms with van der Waals surface area (Å²) in [6, 6.07) is 6.98. The third-order valence-electron chi connectivity index (χ3n) is 3.77. The summed E-state index contributed by atoms with van der Waals surface area (Å²) >= 11 is 0. The van der Waals surface area contributed by atoms with Gasteiger partial charge in [-0.1, -0.05) is 23.8 Å². The molecule has 1 unspecified atom stereocenters. The predicted octanol–water partition coefficient (Wildman–Crippen LogP) is 2.09. The van der Waals surface area contributed by atoms with Gasteiger partial charge in [0.25, 0.3) is 0 Å². The molecule has 0 aliphatic rings. The van der Waals surface area contributed by atoms with E-state index >= 15 is 0 Å². The van der Waals surface area contributed by atoms with E-state index in [9.17, 15) is 0 Å². The molecule has 0 amide bonds. The Bertz CT molecular complexity index is 588. The second-order valence-corrected chi connectivity index (χ2v) is 5.92. The monoisotopic (exact) mass is 287 g/mol. The minimum atomic E-state index is 0.146. The lowest BCUT2D eigenvalue weighted by molar-refractivity contribution is 0.458. The van der Waals surface area contributed by atoms with Crippen molar-refractivity contribution in [3.05, 3.63) is 47.0 Å². The number of nitrogens with zero attached hydrogens (tertiary/aromatic N) is 3. The molecule has 0 radical (unpaired) electrons. The highest BCUT2D eigenvalue weighted by atomic mass is 15.3. The van der Waals surface area contributed by atoms with Gasteiger partial charge in [0.1, 0.15) is 12.2 Å². The quantitative estimate of drug-likeness (QED) is 0.630. The summed E-state index contributed by atoms with van der Waals surface area (Å²) in [6.45, 7) is 8.46. The van der Waals surface area contributed by atoms with E-state index in [0.29, 0.717) is 6.04 Å². The summed E-state index contributed by atoms with van der Waals surface area (Å²) in [5.41, 5.74) is 6.82. The highest BCUT2D eigenvalue weighted by Gasteiger charge is 2.15. The molecule has 0 spiro atoms. The van der Waals surface area contributed by atoms with Crippen LogP contribution in [0.2, 0.25) is 0 Å². The van der Waals surface area contributed by atoms with Crippen LogP contribution < -0.4 is 11.3 Å². The van der Waals surface area contributed by atoms with Crippen molar-refractivity contribution < 1.29 is 0 Å². The van der Waals surface area contributed by atoms with Crippen LogP contribution in [-0.2, 0) is 12.8 Å². The van der Waals surface area contributed by atoms with E-state index < -0.39 is 0 Å². The molecule has 1 aromatic carbocycles. The molecule has 0 bridgehead atoms. The van der Waals surface area contributed by atoms with Crippen LogP contribution >= 0.6 is 0 Å². The molecule has 5 heteroatoms. The zero-order chi connectivity index (χ0) is 15.4. The topological polar surface area (TPSA) is 68.8 Å². The van der Waals surface area contributed by atoms with E-state index in [1.165, 1.54) is 16.7 Å². The molecule has 1 heterocycles. The first-order chi connectivity index (χ1) is 10.0. The van der Waals surface area contributed by atoms with Gasteiger partial charge >= 0.3 is 0 Å². The van der Waals surface area contributed by atoms with Gasteiger partial charge in [0.2, 0.25) is 0 Å². The summed E-state index contributed by atoms with van der Waals surface area (Å²) in [5, 5.41) is 4.28. The van der Waals surface area contributed by atoms with Gasteiger partial charge in [-0.25, -0.2) is 9.67 Å². The molecule has 3 N–H and O–H groups in total. The SMILES string of the molecule is Cc1ccc(C)c(CC(Cc2ncnn2C(C)C)NN)c1. The average Bonchev–Trinajstić information content (AvgIpc) is 2.90. The van der Waals surface area contributed by atoms with Crippen molar-refractivity contribution in [3.8, 4) is 0 Å². The number of hydrogen-bond donors (Lipinski definition) is 2. The van der Waals surface area contributed by atoms with E-state index in [4.69, 9.17) is 5.84 Å². The van der Waals surface area contributed by atoms with E-state index in [0.717, 1.165) is 18.7 Å². The second-order valence-electron chi connectivity index (χ2n) is 5.92. The Balaban J connectivity index is 2.13. The Hall–Kier alpha value is -1.72. The van der Waals surface area contributed by atoms with Crippen LogP contribution in [0.25, 0.3) is 0 Å². The lowest BCUT2D eigenvalue weighted by Crippen LogP contribution is -2.39. The summed E-state index contributed by atoms with van der Waals surface area (Å²) in [4.78, 5) is 4.36. The van der Waals surface area contributed by atoms with Crippen molar-refractivity contribution in [2.24, 2.45) is 5.84 Å². The van der Waals surface area contributed by atoms with Crippen molar-refractivity contribution in [2.45, 2.75) is 52.6 Å². The molecule has 114 valence electrons. The average molecular weight is 287 g/mol. The third kappa shape index (κ3) is 3.89. The molecular weight excluding hydrogens is 262 g/mol. The minimum absolute atomic E-state index is 0.146. The Morgan fingerprint density at radius 2 is 2.00 bits per heavy atom. The molecule has 1 atom stereocenters. The van der Waals surface area contributed by atoms with Gasteiger partial charge in [-0.3, -0.25) is 11.3 Å². The summed E-state index contributed by atoms with van der Waals surface area (Å²) in [5.74, 6) is 6.71. The van der Waals surface area contributed by atoms with Gasteiger partial charge in [0, 0.05) is 18.5 Å². The van der Waals surface area contributed by atoms with Crippen LogP contribution in [0.1, 0.15) is 42.4 Å². The maximum absolute atomic E-state index is 5.74. The van der Waals surface area contributed by atoms with Crippen LogP contribution in [0.15, 0.2) is 24.5 Å². The fourth-order valence-corrected chi connectivity index (χ4v) is 2.55. The van der Waals surface area contributed by atoms with Gasteiger partial charge in [-0.15, -0.1) is 0 Å². The molecule has 0 saturated heterocycles. The van der Waals surface area contributed by atoms with Crippen LogP contribution in [-0.4, -0.2) is 20.8 Å². The van der Waals surface area contributed by atoms with Gasteiger partial charge < -0.3 is 0 Å². The first kappa shape index (κ1) is 15.7. The van der Waals surface area contributed by atoms with Crippen molar-refractivity contribution >= 4 is 0 Å². The van der Waals surface area contributed by atoms with Crippen molar-refractivity contribution in [2.75, 3.05) is 0 Å². The zero-order valence-electron chi connectivity index (χ0n) is 13.3. The highest BCUT2D eigenvalue weighted by molar-refractivity contribution is 5.31. The normalized spacial score (nSPS) is 12.9. The van der Waals surface area contributed by atoms with Crippen LogP contribution in [0.3, 0.4) is 0 Å². The van der Waals surface area contributed by atoms with Crippen LogP contribution in [0.4, 0.5) is 0 Å². The zero-order valence-corrected chi connectivity index (χ0v) is 13.3. The largest absolute Gasteiger partial charge is 0.271 e. The van der Waals surface area contributed by atoms with Gasteiger partial charge in [0.15, 0.2) is 0 Å². The maximum atomic E-state index is 5.74. The van der Waals surface area contributed by atoms with Gasteiger partial charge in [-0.2, -0.15) is 5.10 Å². The maximum Gasteiger partial charge on any atom is 0.138 e. The molecule has 0 saturated carbocycles. The van der Waals surface area contributed by atoms with E-state index in [2.05, 4.69) is 61.4 Å². The minimum Gasteiger partial charge on any atom is -0.271 e. The van der Waals surface area contributed by atoms with Crippen molar-refractivity contribution in [3.63, 3.8) is 0 Å². The Morgan fingerprint density at radius 3 is 2.67 bits per heavy atom. The molecule has 0 aliphatic heterocycles. The van der Waals surface area contributed by atoms with E-state index in [1.54, 1.807) is 6.33 Å². The molecule has 5 nitrogen and oxygen atoms in total. The summed E-state index contributed by atoms with van der Waals surface area (Å²) in [7, 11) is 0. The van der Waals surface area contributed by atoms with E-state index in [1.807, 2.05) is 4.68 Å².